The lowest BCUT2D eigenvalue weighted by atomic mass is 9.69. The van der Waals surface area contributed by atoms with Gasteiger partial charge in [-0.15, -0.1) is 0 Å². The van der Waals surface area contributed by atoms with E-state index in [0.717, 1.165) is 5.56 Å². The molecule has 9 heteroatoms. The first-order chi connectivity index (χ1) is 15.1. The van der Waals surface area contributed by atoms with Gasteiger partial charge in [0.15, 0.2) is 11.5 Å². The van der Waals surface area contributed by atoms with Gasteiger partial charge in [-0.3, -0.25) is 14.4 Å². The molecule has 1 fully saturated rings. The van der Waals surface area contributed by atoms with E-state index >= 15 is 0 Å². The van der Waals surface area contributed by atoms with Gasteiger partial charge in [0.1, 0.15) is 6.04 Å². The van der Waals surface area contributed by atoms with Gasteiger partial charge in [0, 0.05) is 18.5 Å². The fourth-order valence-corrected chi connectivity index (χ4v) is 4.47. The molecule has 1 aliphatic heterocycles. The first-order valence-corrected chi connectivity index (χ1v) is 11.4. The highest BCUT2D eigenvalue weighted by Crippen LogP contribution is 2.40. The van der Waals surface area contributed by atoms with Crippen LogP contribution >= 0.6 is 11.6 Å². The molecule has 0 saturated carbocycles. The molecule has 1 aromatic carbocycles. The standard InChI is InChI=1S/C24H34ClN3O5/c1-14(2)20(26-22(32)27-24(6,7)33-15(3)29)21(31)28-12-18(30)19(23(4,5)13-28)16-8-10-17(25)11-9-16/h8-11,14,19-20H,12-13H2,1-7H3,(H2,26,27,32). The van der Waals surface area contributed by atoms with Crippen LogP contribution in [0.1, 0.15) is 59.9 Å². The van der Waals surface area contributed by atoms with Gasteiger partial charge in [0.05, 0.1) is 12.5 Å². The summed E-state index contributed by atoms with van der Waals surface area (Å²) >= 11 is 5.99. The molecule has 3 amide bonds. The first kappa shape index (κ1) is 26.6. The van der Waals surface area contributed by atoms with Crippen molar-refractivity contribution in [2.45, 2.75) is 66.2 Å². The smallest absolute Gasteiger partial charge is 0.318 e. The van der Waals surface area contributed by atoms with Crippen LogP contribution in [0.25, 0.3) is 0 Å². The van der Waals surface area contributed by atoms with E-state index in [1.54, 1.807) is 12.1 Å². The third-order valence-corrected chi connectivity index (χ3v) is 5.85. The zero-order chi connectivity index (χ0) is 25.1. The second-order valence-electron chi connectivity index (χ2n) is 10.1. The van der Waals surface area contributed by atoms with E-state index in [9.17, 15) is 19.2 Å². The molecule has 8 nitrogen and oxygen atoms in total. The molecule has 33 heavy (non-hydrogen) atoms. The number of piperidine rings is 1. The number of halogens is 1. The van der Waals surface area contributed by atoms with Crippen LogP contribution in [0.2, 0.25) is 5.02 Å². The fourth-order valence-electron chi connectivity index (χ4n) is 4.35. The molecule has 2 unspecified atom stereocenters. The largest absolute Gasteiger partial charge is 0.440 e. The van der Waals surface area contributed by atoms with Crippen molar-refractivity contribution in [3.8, 4) is 0 Å². The summed E-state index contributed by atoms with van der Waals surface area (Å²) in [5.41, 5.74) is -0.887. The number of ketones is 1. The lowest BCUT2D eigenvalue weighted by Crippen LogP contribution is -2.60. The highest BCUT2D eigenvalue weighted by atomic mass is 35.5. The summed E-state index contributed by atoms with van der Waals surface area (Å²) in [6.45, 7) is 12.2. The molecular formula is C24H34ClN3O5. The Hall–Kier alpha value is -2.61. The van der Waals surface area contributed by atoms with Crippen molar-refractivity contribution in [3.05, 3.63) is 34.9 Å². The van der Waals surface area contributed by atoms with Gasteiger partial charge in [-0.05, 0) is 42.9 Å². The maximum Gasteiger partial charge on any atom is 0.318 e. The quantitative estimate of drug-likeness (QED) is 0.480. The summed E-state index contributed by atoms with van der Waals surface area (Å²) in [6, 6.07) is 5.71. The number of Topliss-reactive ketones (excluding diaryl/α,β-unsaturated/α-hetero) is 1. The first-order valence-electron chi connectivity index (χ1n) is 11.0. The van der Waals surface area contributed by atoms with E-state index in [4.69, 9.17) is 16.3 Å². The minimum atomic E-state index is -1.24. The van der Waals surface area contributed by atoms with Crippen LogP contribution in [0, 0.1) is 11.3 Å². The maximum absolute atomic E-state index is 13.4. The van der Waals surface area contributed by atoms with Crippen molar-refractivity contribution in [2.24, 2.45) is 11.3 Å². The molecule has 0 aliphatic carbocycles. The van der Waals surface area contributed by atoms with Crippen LogP contribution in [0.4, 0.5) is 4.79 Å². The molecule has 1 saturated heterocycles. The number of amides is 3. The SMILES string of the molecule is CC(=O)OC(C)(C)NC(=O)NC(C(=O)N1CC(=O)C(c2ccc(Cl)cc2)C(C)(C)C1)C(C)C. The monoisotopic (exact) mass is 479 g/mol. The van der Waals surface area contributed by atoms with E-state index in [0.29, 0.717) is 11.6 Å². The fraction of sp³-hybridized carbons (Fsp3) is 0.583. The maximum atomic E-state index is 13.4. The lowest BCUT2D eigenvalue weighted by Gasteiger charge is -2.44. The van der Waals surface area contributed by atoms with Crippen LogP contribution in [0.3, 0.4) is 0 Å². The Labute approximate surface area is 200 Å². The Morgan fingerprint density at radius 1 is 1.18 bits per heavy atom. The van der Waals surface area contributed by atoms with Crippen LogP contribution in [0.5, 0.6) is 0 Å². The molecule has 182 valence electrons. The summed E-state index contributed by atoms with van der Waals surface area (Å²) < 4.78 is 5.07. The molecule has 1 aliphatic rings. The van der Waals surface area contributed by atoms with Gasteiger partial charge in [-0.25, -0.2) is 4.79 Å². The van der Waals surface area contributed by atoms with Gasteiger partial charge >= 0.3 is 12.0 Å². The molecule has 2 N–H and O–H groups in total. The third kappa shape index (κ3) is 6.93. The van der Waals surface area contributed by atoms with Gasteiger partial charge < -0.3 is 20.3 Å². The minimum Gasteiger partial charge on any atom is -0.440 e. The van der Waals surface area contributed by atoms with Crippen molar-refractivity contribution >= 4 is 35.3 Å². The molecular weight excluding hydrogens is 446 g/mol. The van der Waals surface area contributed by atoms with Gasteiger partial charge in [0.2, 0.25) is 5.91 Å². The van der Waals surface area contributed by atoms with Crippen LogP contribution in [0.15, 0.2) is 24.3 Å². The topological polar surface area (TPSA) is 105 Å². The number of carbonyl (C=O) groups is 4. The Bertz CT molecular complexity index is 911. The molecule has 0 radical (unpaired) electrons. The number of hydrogen-bond donors (Lipinski definition) is 2. The Morgan fingerprint density at radius 3 is 2.24 bits per heavy atom. The molecule has 0 bridgehead atoms. The number of nitrogens with zero attached hydrogens (tertiary/aromatic N) is 1. The zero-order valence-corrected chi connectivity index (χ0v) is 21.1. The number of likely N-dealkylation sites (tertiary alicyclic amines) is 1. The molecule has 1 heterocycles. The normalized spacial score (nSPS) is 19.1. The Balaban J connectivity index is 2.15. The van der Waals surface area contributed by atoms with E-state index in [2.05, 4.69) is 10.6 Å². The van der Waals surface area contributed by atoms with E-state index < -0.39 is 29.2 Å². The number of hydrogen-bond acceptors (Lipinski definition) is 5. The predicted molar refractivity (Wildman–Crippen MR) is 126 cm³/mol. The zero-order valence-electron chi connectivity index (χ0n) is 20.3. The summed E-state index contributed by atoms with van der Waals surface area (Å²) in [6.07, 6.45) is 0. The van der Waals surface area contributed by atoms with Crippen molar-refractivity contribution in [2.75, 3.05) is 13.1 Å². The highest BCUT2D eigenvalue weighted by Gasteiger charge is 2.45. The highest BCUT2D eigenvalue weighted by molar-refractivity contribution is 6.30. The molecule has 1 aromatic rings. The van der Waals surface area contributed by atoms with E-state index in [1.165, 1.54) is 25.7 Å². The average Bonchev–Trinajstić information content (AvgIpc) is 2.64. The van der Waals surface area contributed by atoms with Crippen molar-refractivity contribution < 1.29 is 23.9 Å². The summed E-state index contributed by atoms with van der Waals surface area (Å²) in [7, 11) is 0. The number of benzene rings is 1. The van der Waals surface area contributed by atoms with Crippen LogP contribution in [-0.2, 0) is 19.1 Å². The van der Waals surface area contributed by atoms with Crippen LogP contribution < -0.4 is 10.6 Å². The van der Waals surface area contributed by atoms with E-state index in [1.807, 2.05) is 39.8 Å². The summed E-state index contributed by atoms with van der Waals surface area (Å²) in [4.78, 5) is 51.8. The van der Waals surface area contributed by atoms with Crippen molar-refractivity contribution in [3.63, 3.8) is 0 Å². The second kappa shape index (κ2) is 10.1. The van der Waals surface area contributed by atoms with Crippen molar-refractivity contribution in [1.29, 1.82) is 0 Å². The second-order valence-corrected chi connectivity index (χ2v) is 10.5. The number of urea groups is 1. The summed E-state index contributed by atoms with van der Waals surface area (Å²) in [5.74, 6) is -1.53. The molecule has 2 atom stereocenters. The molecule has 0 spiro atoms. The third-order valence-electron chi connectivity index (χ3n) is 5.60. The number of esters is 1. The number of carbonyl (C=O) groups excluding carboxylic acids is 4. The van der Waals surface area contributed by atoms with E-state index in [-0.39, 0.29) is 30.1 Å². The van der Waals surface area contributed by atoms with Gasteiger partial charge in [0.25, 0.3) is 0 Å². The number of rotatable bonds is 6. The number of ether oxygens (including phenoxy) is 1. The molecule has 2 rings (SSSR count). The number of nitrogens with one attached hydrogen (secondary N) is 2. The molecule has 0 aromatic heterocycles. The van der Waals surface area contributed by atoms with Gasteiger partial charge in [-0.1, -0.05) is 51.4 Å². The predicted octanol–water partition coefficient (Wildman–Crippen LogP) is 3.48. The lowest BCUT2D eigenvalue weighted by molar-refractivity contribution is -0.155. The minimum absolute atomic E-state index is 0.0407. The van der Waals surface area contributed by atoms with Crippen molar-refractivity contribution in [1.82, 2.24) is 15.5 Å². The summed E-state index contributed by atoms with van der Waals surface area (Å²) in [5, 5.41) is 5.82. The Morgan fingerprint density at radius 2 is 1.76 bits per heavy atom. The van der Waals surface area contributed by atoms with Crippen LogP contribution in [-0.4, -0.2) is 53.4 Å². The average molecular weight is 480 g/mol. The van der Waals surface area contributed by atoms with Gasteiger partial charge in [-0.2, -0.15) is 0 Å². The Kier molecular flexibility index (Phi) is 8.17.